The van der Waals surface area contributed by atoms with Gasteiger partial charge in [0.25, 0.3) is 0 Å². The van der Waals surface area contributed by atoms with Crippen molar-refractivity contribution in [3.8, 4) is 5.75 Å². The molecule has 0 heterocycles. The Balaban J connectivity index is 3.05. The largest absolute Gasteiger partial charge is 0.488 e. The van der Waals surface area contributed by atoms with Crippen LogP contribution in [0.1, 0.15) is 25.3 Å². The van der Waals surface area contributed by atoms with E-state index in [2.05, 4.69) is 13.5 Å². The van der Waals surface area contributed by atoms with Gasteiger partial charge in [-0.15, -0.1) is 6.58 Å². The lowest BCUT2D eigenvalue weighted by atomic mass is 10.0. The number of allylic oxidation sites excluding steroid dienone is 1. The van der Waals surface area contributed by atoms with Gasteiger partial charge in [0.15, 0.2) is 11.6 Å². The second-order valence-corrected chi connectivity index (χ2v) is 3.67. The van der Waals surface area contributed by atoms with Crippen molar-refractivity contribution >= 4 is 0 Å². The summed E-state index contributed by atoms with van der Waals surface area (Å²) in [5, 5.41) is 0. The molecule has 0 spiro atoms. The molecule has 1 rings (SSSR count). The maximum atomic E-state index is 13.9. The Morgan fingerprint density at radius 1 is 1.40 bits per heavy atom. The van der Waals surface area contributed by atoms with Gasteiger partial charge in [-0.05, 0) is 32.4 Å². The number of halogens is 1. The summed E-state index contributed by atoms with van der Waals surface area (Å²) in [6, 6.07) is 5.08. The molecule has 0 bridgehead atoms. The summed E-state index contributed by atoms with van der Waals surface area (Å²) in [4.78, 5) is 0. The molecule has 0 aliphatic carbocycles. The Labute approximate surface area is 90.6 Å². The van der Waals surface area contributed by atoms with Gasteiger partial charge in [0.1, 0.15) is 0 Å². The van der Waals surface area contributed by atoms with Crippen LogP contribution in [0.4, 0.5) is 4.39 Å². The van der Waals surface area contributed by atoms with Gasteiger partial charge in [0, 0.05) is 5.92 Å². The third kappa shape index (κ3) is 2.82. The molecule has 0 aliphatic heterocycles. The molecule has 0 N–H and O–H groups in total. The summed E-state index contributed by atoms with van der Waals surface area (Å²) in [7, 11) is 0. The van der Waals surface area contributed by atoms with Crippen molar-refractivity contribution in [2.75, 3.05) is 0 Å². The van der Waals surface area contributed by atoms with Crippen molar-refractivity contribution in [3.05, 3.63) is 49.2 Å². The Morgan fingerprint density at radius 3 is 2.60 bits per heavy atom. The molecule has 15 heavy (non-hydrogen) atoms. The van der Waals surface area contributed by atoms with E-state index >= 15 is 0 Å². The van der Waals surface area contributed by atoms with E-state index in [1.54, 1.807) is 24.3 Å². The molecule has 0 amide bonds. The smallest absolute Gasteiger partial charge is 0.168 e. The number of hydrogen-bond acceptors (Lipinski definition) is 1. The van der Waals surface area contributed by atoms with Crippen LogP contribution in [0.25, 0.3) is 0 Å². The van der Waals surface area contributed by atoms with Gasteiger partial charge in [-0.3, -0.25) is 0 Å². The zero-order chi connectivity index (χ0) is 11.4. The average molecular weight is 207 g/mol. The van der Waals surface area contributed by atoms with Gasteiger partial charge in [-0.25, -0.2) is 4.39 Å². The predicted molar refractivity (Wildman–Crippen MR) is 60.5 cm³/mol. The highest BCUT2D eigenvalue weighted by molar-refractivity contribution is 5.35. The minimum Gasteiger partial charge on any atom is -0.488 e. The van der Waals surface area contributed by atoms with Crippen molar-refractivity contribution in [2.24, 2.45) is 0 Å². The maximum Gasteiger partial charge on any atom is 0.168 e. The molecule has 0 saturated carbocycles. The predicted octanol–water partition coefficient (Wildman–Crippen LogP) is 3.72. The van der Waals surface area contributed by atoms with E-state index < -0.39 is 0 Å². The van der Waals surface area contributed by atoms with Crippen molar-refractivity contribution in [1.82, 2.24) is 0 Å². The minimum atomic E-state index is -0.342. The molecule has 1 nitrogen and oxygen atoms in total. The molecular weight excluding hydrogens is 191 g/mol. The summed E-state index contributed by atoms with van der Waals surface area (Å²) < 4.78 is 19.2. The zero-order valence-corrected chi connectivity index (χ0v) is 9.16. The van der Waals surface area contributed by atoms with Gasteiger partial charge < -0.3 is 4.74 Å². The van der Waals surface area contributed by atoms with E-state index in [-0.39, 0.29) is 23.6 Å². The Hall–Kier alpha value is -1.31. The minimum absolute atomic E-state index is 0.0400. The van der Waals surface area contributed by atoms with Crippen LogP contribution in [0.3, 0.4) is 0 Å². The highest BCUT2D eigenvalue weighted by Gasteiger charge is 2.13. The quantitative estimate of drug-likeness (QED) is 0.684. The van der Waals surface area contributed by atoms with Gasteiger partial charge in [0.2, 0.25) is 0 Å². The van der Waals surface area contributed by atoms with Gasteiger partial charge in [-0.1, -0.05) is 18.2 Å². The zero-order valence-electron chi connectivity index (χ0n) is 9.16. The molecule has 1 aromatic rings. The summed E-state index contributed by atoms with van der Waals surface area (Å²) in [5.41, 5.74) is 0.517. The SMILES string of the molecule is [CH2]C(C=C)c1cccc(OC(C)C)c1F. The Kier molecular flexibility index (Phi) is 3.89. The molecular formula is C13H16FO. The second kappa shape index (κ2) is 4.96. The summed E-state index contributed by atoms with van der Waals surface area (Å²) in [6.45, 7) is 11.1. The fourth-order valence-corrected chi connectivity index (χ4v) is 1.29. The normalized spacial score (nSPS) is 12.6. The van der Waals surface area contributed by atoms with Crippen LogP contribution < -0.4 is 4.74 Å². The van der Waals surface area contributed by atoms with Crippen LogP contribution in [-0.2, 0) is 0 Å². The van der Waals surface area contributed by atoms with Crippen LogP contribution >= 0.6 is 0 Å². The number of ether oxygens (including phenoxy) is 1. The Bertz CT molecular complexity index is 344. The number of hydrogen-bond donors (Lipinski definition) is 0. The highest BCUT2D eigenvalue weighted by atomic mass is 19.1. The topological polar surface area (TPSA) is 9.23 Å². The number of rotatable bonds is 4. The summed E-state index contributed by atoms with van der Waals surface area (Å²) in [6.07, 6.45) is 1.57. The first kappa shape index (κ1) is 11.8. The lowest BCUT2D eigenvalue weighted by Gasteiger charge is -2.14. The van der Waals surface area contributed by atoms with E-state index in [9.17, 15) is 4.39 Å². The maximum absolute atomic E-state index is 13.9. The fourth-order valence-electron chi connectivity index (χ4n) is 1.29. The monoisotopic (exact) mass is 207 g/mol. The molecule has 1 atom stereocenters. The summed E-state index contributed by atoms with van der Waals surface area (Å²) in [5.74, 6) is -0.315. The van der Waals surface area contributed by atoms with Crippen LogP contribution in [-0.4, -0.2) is 6.10 Å². The molecule has 0 aliphatic rings. The molecule has 2 heteroatoms. The first-order chi connectivity index (χ1) is 7.06. The van der Waals surface area contributed by atoms with Crippen molar-refractivity contribution in [3.63, 3.8) is 0 Å². The Morgan fingerprint density at radius 2 is 2.07 bits per heavy atom. The lowest BCUT2D eigenvalue weighted by Crippen LogP contribution is -2.08. The van der Waals surface area contributed by atoms with Crippen molar-refractivity contribution in [1.29, 1.82) is 0 Å². The number of benzene rings is 1. The average Bonchev–Trinajstić information content (AvgIpc) is 2.19. The van der Waals surface area contributed by atoms with E-state index in [0.717, 1.165) is 0 Å². The molecule has 0 aromatic heterocycles. The third-order valence-corrected chi connectivity index (χ3v) is 2.04. The second-order valence-electron chi connectivity index (χ2n) is 3.67. The molecule has 1 unspecified atom stereocenters. The van der Waals surface area contributed by atoms with Gasteiger partial charge in [-0.2, -0.15) is 0 Å². The van der Waals surface area contributed by atoms with Crippen LogP contribution in [0, 0.1) is 12.7 Å². The molecule has 81 valence electrons. The van der Waals surface area contributed by atoms with Gasteiger partial charge in [0.05, 0.1) is 6.10 Å². The standard InChI is InChI=1S/C13H16FO/c1-5-10(4)11-7-6-8-12(13(11)14)15-9(2)3/h5-10H,1,4H2,2-3H3. The highest BCUT2D eigenvalue weighted by Crippen LogP contribution is 2.27. The first-order valence-electron chi connectivity index (χ1n) is 4.97. The lowest BCUT2D eigenvalue weighted by molar-refractivity contribution is 0.230. The summed E-state index contributed by atoms with van der Waals surface area (Å²) >= 11 is 0. The van der Waals surface area contributed by atoms with Crippen LogP contribution in [0.15, 0.2) is 30.9 Å². The van der Waals surface area contributed by atoms with Crippen molar-refractivity contribution < 1.29 is 9.13 Å². The molecule has 1 radical (unpaired) electrons. The van der Waals surface area contributed by atoms with E-state index in [1.807, 2.05) is 13.8 Å². The van der Waals surface area contributed by atoms with E-state index in [1.165, 1.54) is 0 Å². The van der Waals surface area contributed by atoms with Crippen LogP contribution in [0.5, 0.6) is 5.75 Å². The fraction of sp³-hybridized carbons (Fsp3) is 0.308. The molecule has 0 saturated heterocycles. The van der Waals surface area contributed by atoms with Crippen molar-refractivity contribution in [2.45, 2.75) is 25.9 Å². The van der Waals surface area contributed by atoms with Crippen LogP contribution in [0.2, 0.25) is 0 Å². The van der Waals surface area contributed by atoms with E-state index in [4.69, 9.17) is 4.74 Å². The molecule has 1 aromatic carbocycles. The van der Waals surface area contributed by atoms with Gasteiger partial charge >= 0.3 is 0 Å². The molecule has 0 fully saturated rings. The third-order valence-electron chi connectivity index (χ3n) is 2.04. The first-order valence-corrected chi connectivity index (χ1v) is 4.97. The van der Waals surface area contributed by atoms with E-state index in [0.29, 0.717) is 5.56 Å².